The highest BCUT2D eigenvalue weighted by molar-refractivity contribution is 7.87. The predicted octanol–water partition coefficient (Wildman–Crippen LogP) is 4.20. The molecule has 0 spiro atoms. The van der Waals surface area contributed by atoms with E-state index in [1.165, 1.54) is 7.11 Å². The fourth-order valence-corrected chi connectivity index (χ4v) is 3.90. The summed E-state index contributed by atoms with van der Waals surface area (Å²) in [4.78, 5) is 0.0655. The van der Waals surface area contributed by atoms with Crippen molar-refractivity contribution in [2.45, 2.75) is 37.5 Å². The number of methoxy groups -OCH3 is 2. The Hall–Kier alpha value is -2.21. The fourth-order valence-electron chi connectivity index (χ4n) is 2.58. The highest BCUT2D eigenvalue weighted by Gasteiger charge is 2.27. The van der Waals surface area contributed by atoms with Crippen molar-refractivity contribution in [2.75, 3.05) is 14.2 Å². The van der Waals surface area contributed by atoms with Crippen LogP contribution in [-0.2, 0) is 16.5 Å². The number of ether oxygens (including phenoxy) is 2. The molecule has 0 N–H and O–H groups in total. The number of hydrogen-bond acceptors (Lipinski definition) is 5. The van der Waals surface area contributed by atoms with Crippen molar-refractivity contribution < 1.29 is 22.1 Å². The molecule has 0 fully saturated rings. The summed E-state index contributed by atoms with van der Waals surface area (Å²) in [6.07, 6.45) is 3.54. The van der Waals surface area contributed by atoms with E-state index in [2.05, 4.69) is 6.92 Å². The third kappa shape index (κ3) is 4.89. The number of benzene rings is 2. The zero-order valence-electron chi connectivity index (χ0n) is 14.8. The molecule has 0 heterocycles. The van der Waals surface area contributed by atoms with Crippen LogP contribution in [0.1, 0.15) is 31.7 Å². The molecule has 0 aliphatic rings. The largest absolute Gasteiger partial charge is 0.497 e. The number of unbranched alkanes of at least 4 members (excludes halogenated alkanes) is 2. The summed E-state index contributed by atoms with van der Waals surface area (Å²) < 4.78 is 41.7. The average Bonchev–Trinajstić information content (AvgIpc) is 2.61. The average molecular weight is 364 g/mol. The molecule has 2 aromatic carbocycles. The van der Waals surface area contributed by atoms with Gasteiger partial charge in [0.2, 0.25) is 0 Å². The van der Waals surface area contributed by atoms with Crippen molar-refractivity contribution in [1.82, 2.24) is 0 Å². The Kier molecular flexibility index (Phi) is 6.70. The van der Waals surface area contributed by atoms with Crippen molar-refractivity contribution in [3.8, 4) is 17.2 Å². The number of aryl methyl sites for hydroxylation is 1. The van der Waals surface area contributed by atoms with Crippen molar-refractivity contribution >= 4 is 10.1 Å². The normalized spacial score (nSPS) is 11.2. The van der Waals surface area contributed by atoms with Crippen molar-refractivity contribution in [1.29, 1.82) is 0 Å². The zero-order valence-corrected chi connectivity index (χ0v) is 15.6. The van der Waals surface area contributed by atoms with Gasteiger partial charge in [-0.05, 0) is 36.6 Å². The zero-order chi connectivity index (χ0) is 18.3. The third-order valence-corrected chi connectivity index (χ3v) is 5.18. The molecule has 136 valence electrons. The summed E-state index contributed by atoms with van der Waals surface area (Å²) in [7, 11) is -1.05. The molecule has 0 atom stereocenters. The van der Waals surface area contributed by atoms with Gasteiger partial charge in [-0.2, -0.15) is 8.42 Å². The molecular weight excluding hydrogens is 340 g/mol. The molecule has 0 amide bonds. The van der Waals surface area contributed by atoms with Crippen LogP contribution in [0.2, 0.25) is 0 Å². The molecule has 0 bridgehead atoms. The molecule has 2 rings (SSSR count). The van der Waals surface area contributed by atoms with Gasteiger partial charge in [0.25, 0.3) is 0 Å². The molecule has 0 aliphatic carbocycles. The van der Waals surface area contributed by atoms with E-state index in [1.54, 1.807) is 49.6 Å². The van der Waals surface area contributed by atoms with Gasteiger partial charge >= 0.3 is 10.1 Å². The molecule has 0 saturated heterocycles. The van der Waals surface area contributed by atoms with E-state index in [4.69, 9.17) is 13.7 Å². The van der Waals surface area contributed by atoms with Gasteiger partial charge in [-0.3, -0.25) is 0 Å². The van der Waals surface area contributed by atoms with Gasteiger partial charge in [0.05, 0.1) is 14.2 Å². The first kappa shape index (κ1) is 19.1. The van der Waals surface area contributed by atoms with Gasteiger partial charge in [0, 0.05) is 6.07 Å². The Morgan fingerprint density at radius 3 is 2.24 bits per heavy atom. The maximum absolute atomic E-state index is 12.9. The van der Waals surface area contributed by atoms with Crippen LogP contribution in [-0.4, -0.2) is 22.6 Å². The van der Waals surface area contributed by atoms with Gasteiger partial charge in [-0.1, -0.05) is 38.0 Å². The molecule has 5 nitrogen and oxygen atoms in total. The van der Waals surface area contributed by atoms with Crippen LogP contribution in [0, 0.1) is 0 Å². The maximum Gasteiger partial charge on any atom is 0.343 e. The molecular formula is C19H24O5S. The quantitative estimate of drug-likeness (QED) is 0.493. The lowest BCUT2D eigenvalue weighted by Gasteiger charge is -2.16. The fraction of sp³-hybridized carbons (Fsp3) is 0.368. The molecule has 2 aromatic rings. The van der Waals surface area contributed by atoms with Crippen LogP contribution in [0.4, 0.5) is 0 Å². The monoisotopic (exact) mass is 364 g/mol. The molecule has 0 aliphatic heterocycles. The Morgan fingerprint density at radius 1 is 0.920 bits per heavy atom. The second-order valence-corrected chi connectivity index (χ2v) is 7.11. The summed E-state index contributed by atoms with van der Waals surface area (Å²) in [6.45, 7) is 2.10. The van der Waals surface area contributed by atoms with Crippen LogP contribution >= 0.6 is 0 Å². The topological polar surface area (TPSA) is 61.8 Å². The summed E-state index contributed by atoms with van der Waals surface area (Å²) in [5.41, 5.74) is 0.639. The molecule has 25 heavy (non-hydrogen) atoms. The Bertz CT molecular complexity index is 785. The van der Waals surface area contributed by atoms with Crippen LogP contribution in [0.5, 0.6) is 17.2 Å². The Labute approximate surface area is 149 Å². The standard InChI is InChI=1S/C19H24O5S/c1-4-5-7-10-15-13-17(22-2)14-18(23-3)19(15)25(20,21)24-16-11-8-6-9-12-16/h6,8-9,11-14H,4-5,7,10H2,1-3H3. The van der Waals surface area contributed by atoms with Crippen molar-refractivity contribution in [3.63, 3.8) is 0 Å². The second kappa shape index (κ2) is 8.76. The summed E-state index contributed by atoms with van der Waals surface area (Å²) >= 11 is 0. The number of hydrogen-bond donors (Lipinski definition) is 0. The number of rotatable bonds is 9. The highest BCUT2D eigenvalue weighted by atomic mass is 32.2. The minimum Gasteiger partial charge on any atom is -0.497 e. The molecule has 6 heteroatoms. The first-order valence-electron chi connectivity index (χ1n) is 8.26. The maximum atomic E-state index is 12.9. The lowest BCUT2D eigenvalue weighted by atomic mass is 10.1. The smallest absolute Gasteiger partial charge is 0.343 e. The van der Waals surface area contributed by atoms with E-state index in [0.717, 1.165) is 19.3 Å². The van der Waals surface area contributed by atoms with Gasteiger partial charge in [0.15, 0.2) is 4.90 Å². The predicted molar refractivity (Wildman–Crippen MR) is 97.0 cm³/mol. The van der Waals surface area contributed by atoms with Gasteiger partial charge < -0.3 is 13.7 Å². The minimum atomic E-state index is -4.03. The molecule has 0 radical (unpaired) electrons. The minimum absolute atomic E-state index is 0.0655. The van der Waals surface area contributed by atoms with Crippen molar-refractivity contribution in [3.05, 3.63) is 48.0 Å². The lowest BCUT2D eigenvalue weighted by molar-refractivity contribution is 0.381. The molecule has 0 unspecified atom stereocenters. The second-order valence-electron chi connectivity index (χ2n) is 5.63. The summed E-state index contributed by atoms with van der Waals surface area (Å²) in [6, 6.07) is 11.7. The van der Waals surface area contributed by atoms with E-state index < -0.39 is 10.1 Å². The molecule has 0 aromatic heterocycles. The van der Waals surface area contributed by atoms with E-state index in [9.17, 15) is 8.42 Å². The van der Waals surface area contributed by atoms with Gasteiger partial charge in [-0.25, -0.2) is 0 Å². The van der Waals surface area contributed by atoms with Crippen LogP contribution in [0.15, 0.2) is 47.4 Å². The summed E-state index contributed by atoms with van der Waals surface area (Å²) in [5, 5.41) is 0. The summed E-state index contributed by atoms with van der Waals surface area (Å²) in [5.74, 6) is 1.05. The van der Waals surface area contributed by atoms with E-state index >= 15 is 0 Å². The van der Waals surface area contributed by atoms with Gasteiger partial charge in [-0.15, -0.1) is 0 Å². The first-order chi connectivity index (χ1) is 12.0. The van der Waals surface area contributed by atoms with E-state index in [0.29, 0.717) is 17.7 Å². The third-order valence-electron chi connectivity index (χ3n) is 3.81. The van der Waals surface area contributed by atoms with E-state index in [-0.39, 0.29) is 16.4 Å². The van der Waals surface area contributed by atoms with Gasteiger partial charge in [0.1, 0.15) is 17.2 Å². The highest BCUT2D eigenvalue weighted by Crippen LogP contribution is 2.35. The SMILES string of the molecule is CCCCCc1cc(OC)cc(OC)c1S(=O)(=O)Oc1ccccc1. The Balaban J connectivity index is 2.48. The lowest BCUT2D eigenvalue weighted by Crippen LogP contribution is -2.14. The Morgan fingerprint density at radius 2 is 1.64 bits per heavy atom. The molecule has 0 saturated carbocycles. The van der Waals surface area contributed by atoms with Crippen LogP contribution < -0.4 is 13.7 Å². The number of para-hydroxylation sites is 1. The first-order valence-corrected chi connectivity index (χ1v) is 9.67. The van der Waals surface area contributed by atoms with E-state index in [1.807, 2.05) is 0 Å². The van der Waals surface area contributed by atoms with Crippen molar-refractivity contribution in [2.24, 2.45) is 0 Å². The van der Waals surface area contributed by atoms with Crippen LogP contribution in [0.3, 0.4) is 0 Å². The van der Waals surface area contributed by atoms with Crippen LogP contribution in [0.25, 0.3) is 0 Å².